The largest absolute Gasteiger partial charge is 0.457 e. The van der Waals surface area contributed by atoms with E-state index in [-0.39, 0.29) is 0 Å². The van der Waals surface area contributed by atoms with Crippen molar-refractivity contribution in [2.75, 3.05) is 0 Å². The van der Waals surface area contributed by atoms with Crippen molar-refractivity contribution in [2.24, 2.45) is 0 Å². The number of amides is 2. The number of H-pyrrole nitrogens is 1. The predicted octanol–water partition coefficient (Wildman–Crippen LogP) is 2.24. The van der Waals surface area contributed by atoms with Crippen molar-refractivity contribution in [3.8, 4) is 0 Å². The van der Waals surface area contributed by atoms with Crippen LogP contribution in [0.2, 0.25) is 0 Å². The smallest absolute Gasteiger partial charge is 0.286 e. The molecule has 0 fully saturated rings. The number of benzene rings is 1. The lowest BCUT2D eigenvalue weighted by molar-refractivity contribution is -0.117. The monoisotopic (exact) mass is 295 g/mol. The third-order valence-corrected chi connectivity index (χ3v) is 2.99. The number of hydrogen-bond acceptors (Lipinski definition) is 3. The number of para-hydroxylation sites is 1. The predicted molar refractivity (Wildman–Crippen MR) is 81.6 cm³/mol. The lowest BCUT2D eigenvalue weighted by Crippen LogP contribution is -2.40. The second-order valence-electron chi connectivity index (χ2n) is 4.55. The van der Waals surface area contributed by atoms with E-state index in [1.165, 1.54) is 12.2 Å². The molecule has 6 heteroatoms. The molecule has 0 aliphatic carbocycles. The highest BCUT2D eigenvalue weighted by Gasteiger charge is 2.06. The summed E-state index contributed by atoms with van der Waals surface area (Å²) in [6.45, 7) is 0. The molecule has 2 amide bonds. The maximum absolute atomic E-state index is 11.6. The Kier molecular flexibility index (Phi) is 3.74. The summed E-state index contributed by atoms with van der Waals surface area (Å²) in [5.41, 5.74) is 5.70. The second kappa shape index (κ2) is 6.01. The molecule has 0 unspecified atom stereocenters. The number of nitrogens with one attached hydrogen (secondary N) is 3. The van der Waals surface area contributed by atoms with Crippen LogP contribution in [0.25, 0.3) is 17.0 Å². The van der Waals surface area contributed by atoms with Gasteiger partial charge in [0.05, 0.1) is 0 Å². The third kappa shape index (κ3) is 3.06. The molecule has 22 heavy (non-hydrogen) atoms. The standard InChI is InChI=1S/C16H13N3O3/c20-15(18-19-16(21)13-5-3-9-17-13)8-7-12-10-11-4-1-2-6-14(11)22-12/h1-10,17H,(H,18,20)(H,19,21)/b8-7+. The van der Waals surface area contributed by atoms with Gasteiger partial charge in [-0.1, -0.05) is 18.2 Å². The molecule has 3 N–H and O–H groups in total. The molecule has 0 atom stereocenters. The van der Waals surface area contributed by atoms with Gasteiger partial charge in [0.15, 0.2) is 0 Å². The number of rotatable bonds is 3. The van der Waals surface area contributed by atoms with Gasteiger partial charge in [-0.3, -0.25) is 20.4 Å². The van der Waals surface area contributed by atoms with Crippen molar-refractivity contribution < 1.29 is 14.0 Å². The Hall–Kier alpha value is -3.28. The highest BCUT2D eigenvalue weighted by molar-refractivity contribution is 5.97. The Labute approximate surface area is 125 Å². The van der Waals surface area contributed by atoms with E-state index in [9.17, 15) is 9.59 Å². The molecule has 0 spiro atoms. The van der Waals surface area contributed by atoms with Crippen molar-refractivity contribution in [1.82, 2.24) is 15.8 Å². The van der Waals surface area contributed by atoms with Crippen LogP contribution >= 0.6 is 0 Å². The average molecular weight is 295 g/mol. The molecule has 3 rings (SSSR count). The molecule has 0 saturated heterocycles. The summed E-state index contributed by atoms with van der Waals surface area (Å²) in [5, 5.41) is 0.961. The van der Waals surface area contributed by atoms with Crippen molar-refractivity contribution in [3.05, 3.63) is 66.2 Å². The number of carbonyl (C=O) groups excluding carboxylic acids is 2. The Balaban J connectivity index is 1.58. The van der Waals surface area contributed by atoms with Gasteiger partial charge in [0.25, 0.3) is 11.8 Å². The van der Waals surface area contributed by atoms with Crippen LogP contribution in [-0.2, 0) is 4.79 Å². The molecule has 0 radical (unpaired) electrons. The summed E-state index contributed by atoms with van der Waals surface area (Å²) < 4.78 is 5.54. The maximum atomic E-state index is 11.6. The molecule has 0 saturated carbocycles. The van der Waals surface area contributed by atoms with Crippen LogP contribution in [0.4, 0.5) is 0 Å². The molecule has 110 valence electrons. The zero-order valence-electron chi connectivity index (χ0n) is 11.5. The third-order valence-electron chi connectivity index (χ3n) is 2.99. The molecular formula is C16H13N3O3. The van der Waals surface area contributed by atoms with Crippen LogP contribution < -0.4 is 10.9 Å². The van der Waals surface area contributed by atoms with E-state index in [0.717, 1.165) is 11.0 Å². The summed E-state index contributed by atoms with van der Waals surface area (Å²) in [6, 6.07) is 12.7. The molecule has 6 nitrogen and oxygen atoms in total. The second-order valence-corrected chi connectivity index (χ2v) is 4.55. The first-order valence-electron chi connectivity index (χ1n) is 6.63. The summed E-state index contributed by atoms with van der Waals surface area (Å²) in [4.78, 5) is 26.0. The van der Waals surface area contributed by atoms with Gasteiger partial charge >= 0.3 is 0 Å². The van der Waals surface area contributed by atoms with Crippen molar-refractivity contribution >= 4 is 28.9 Å². The number of carbonyl (C=O) groups is 2. The fourth-order valence-corrected chi connectivity index (χ4v) is 1.94. The van der Waals surface area contributed by atoms with Crippen molar-refractivity contribution in [2.45, 2.75) is 0 Å². The van der Waals surface area contributed by atoms with E-state index < -0.39 is 11.8 Å². The first-order valence-corrected chi connectivity index (χ1v) is 6.63. The molecule has 3 aromatic rings. The highest BCUT2D eigenvalue weighted by atomic mass is 16.3. The van der Waals surface area contributed by atoms with Crippen LogP contribution in [0, 0.1) is 0 Å². The van der Waals surface area contributed by atoms with Gasteiger partial charge in [-0.15, -0.1) is 0 Å². The molecule has 0 aliphatic heterocycles. The van der Waals surface area contributed by atoms with Crippen molar-refractivity contribution in [3.63, 3.8) is 0 Å². The zero-order chi connectivity index (χ0) is 15.4. The van der Waals surface area contributed by atoms with E-state index >= 15 is 0 Å². The SMILES string of the molecule is O=C(/C=C/c1cc2ccccc2o1)NNC(=O)c1ccc[nH]1. The van der Waals surface area contributed by atoms with E-state index in [1.807, 2.05) is 30.3 Å². The Bertz CT molecular complexity index is 798. The molecule has 2 heterocycles. The fraction of sp³-hybridized carbons (Fsp3) is 0. The lowest BCUT2D eigenvalue weighted by Gasteiger charge is -2.02. The zero-order valence-corrected chi connectivity index (χ0v) is 11.5. The number of fused-ring (bicyclic) bond motifs is 1. The summed E-state index contributed by atoms with van der Waals surface area (Å²) in [5.74, 6) is -0.317. The van der Waals surface area contributed by atoms with Gasteiger partial charge in [0.2, 0.25) is 0 Å². The number of aromatic amines is 1. The minimum atomic E-state index is -0.458. The van der Waals surface area contributed by atoms with Crippen LogP contribution in [0.5, 0.6) is 0 Å². The average Bonchev–Trinajstić information content (AvgIpc) is 3.19. The number of hydrazine groups is 1. The van der Waals surface area contributed by atoms with E-state index in [1.54, 1.807) is 18.3 Å². The van der Waals surface area contributed by atoms with Gasteiger partial charge in [-0.05, 0) is 30.3 Å². The Morgan fingerprint density at radius 1 is 1.09 bits per heavy atom. The summed E-state index contributed by atoms with van der Waals surface area (Å²) in [7, 11) is 0. The first-order chi connectivity index (χ1) is 10.7. The highest BCUT2D eigenvalue weighted by Crippen LogP contribution is 2.19. The van der Waals surface area contributed by atoms with Crippen LogP contribution in [0.3, 0.4) is 0 Å². The van der Waals surface area contributed by atoms with E-state index in [0.29, 0.717) is 11.5 Å². The molecule has 1 aromatic carbocycles. The lowest BCUT2D eigenvalue weighted by atomic mass is 10.2. The maximum Gasteiger partial charge on any atom is 0.286 e. The number of furan rings is 1. The quantitative estimate of drug-likeness (QED) is 0.511. The van der Waals surface area contributed by atoms with Crippen LogP contribution in [-0.4, -0.2) is 16.8 Å². The molecular weight excluding hydrogens is 282 g/mol. The minimum absolute atomic E-state index is 0.363. The normalized spacial score (nSPS) is 10.9. The summed E-state index contributed by atoms with van der Waals surface area (Å²) in [6.07, 6.45) is 4.45. The number of hydrogen-bond donors (Lipinski definition) is 3. The fourth-order valence-electron chi connectivity index (χ4n) is 1.94. The van der Waals surface area contributed by atoms with Gasteiger partial charge in [0, 0.05) is 17.7 Å². The van der Waals surface area contributed by atoms with E-state index in [4.69, 9.17) is 4.42 Å². The van der Waals surface area contributed by atoms with Gasteiger partial charge in [-0.2, -0.15) is 0 Å². The van der Waals surface area contributed by atoms with Gasteiger partial charge in [-0.25, -0.2) is 0 Å². The Morgan fingerprint density at radius 3 is 2.73 bits per heavy atom. The van der Waals surface area contributed by atoms with Gasteiger partial charge in [0.1, 0.15) is 17.0 Å². The minimum Gasteiger partial charge on any atom is -0.457 e. The molecule has 0 aliphatic rings. The van der Waals surface area contributed by atoms with Gasteiger partial charge < -0.3 is 9.40 Å². The molecule has 2 aromatic heterocycles. The number of aromatic nitrogens is 1. The van der Waals surface area contributed by atoms with Crippen LogP contribution in [0.15, 0.2) is 59.2 Å². The summed E-state index contributed by atoms with van der Waals surface area (Å²) >= 11 is 0. The Morgan fingerprint density at radius 2 is 1.95 bits per heavy atom. The first kappa shape index (κ1) is 13.7. The topological polar surface area (TPSA) is 87.1 Å². The van der Waals surface area contributed by atoms with E-state index in [2.05, 4.69) is 15.8 Å². The molecule has 0 bridgehead atoms. The van der Waals surface area contributed by atoms with Crippen molar-refractivity contribution in [1.29, 1.82) is 0 Å². The van der Waals surface area contributed by atoms with Crippen LogP contribution in [0.1, 0.15) is 16.2 Å².